The van der Waals surface area contributed by atoms with E-state index in [1.54, 1.807) is 0 Å². The van der Waals surface area contributed by atoms with Crippen molar-refractivity contribution in [3.05, 3.63) is 71.9 Å². The SMILES string of the molecule is c1ccc2c(c1)CCC(c1ccc3cccnc3c1)N2. The van der Waals surface area contributed by atoms with Crippen LogP contribution in [0.3, 0.4) is 0 Å². The molecule has 2 nitrogen and oxygen atoms in total. The maximum Gasteiger partial charge on any atom is 0.0705 e. The van der Waals surface area contributed by atoms with Gasteiger partial charge in [0.15, 0.2) is 0 Å². The summed E-state index contributed by atoms with van der Waals surface area (Å²) in [5.74, 6) is 0. The van der Waals surface area contributed by atoms with Crippen LogP contribution in [-0.4, -0.2) is 4.98 Å². The molecule has 1 atom stereocenters. The summed E-state index contributed by atoms with van der Waals surface area (Å²) in [4.78, 5) is 4.45. The van der Waals surface area contributed by atoms with Gasteiger partial charge in [0.1, 0.15) is 0 Å². The number of hydrogen-bond donors (Lipinski definition) is 1. The van der Waals surface area contributed by atoms with Crippen LogP contribution in [0.25, 0.3) is 10.9 Å². The molecule has 0 saturated heterocycles. The molecule has 2 heteroatoms. The van der Waals surface area contributed by atoms with Crippen LogP contribution in [0, 0.1) is 0 Å². The molecule has 1 aromatic heterocycles. The minimum absolute atomic E-state index is 0.385. The van der Waals surface area contributed by atoms with Crippen LogP contribution in [-0.2, 0) is 6.42 Å². The van der Waals surface area contributed by atoms with Crippen LogP contribution in [0.2, 0.25) is 0 Å². The van der Waals surface area contributed by atoms with Gasteiger partial charge in [-0.2, -0.15) is 0 Å². The van der Waals surface area contributed by atoms with Gasteiger partial charge in [-0.25, -0.2) is 0 Å². The normalized spacial score (nSPS) is 17.5. The van der Waals surface area contributed by atoms with Gasteiger partial charge in [-0.3, -0.25) is 4.98 Å². The summed E-state index contributed by atoms with van der Waals surface area (Å²) >= 11 is 0. The van der Waals surface area contributed by atoms with E-state index in [1.165, 1.54) is 22.2 Å². The van der Waals surface area contributed by atoms with Crippen molar-refractivity contribution in [1.82, 2.24) is 4.98 Å². The van der Waals surface area contributed by atoms with Gasteiger partial charge >= 0.3 is 0 Å². The molecule has 0 aliphatic carbocycles. The lowest BCUT2D eigenvalue weighted by atomic mass is 9.93. The first-order valence-corrected chi connectivity index (χ1v) is 7.09. The largest absolute Gasteiger partial charge is 0.378 e. The zero-order chi connectivity index (χ0) is 13.4. The Labute approximate surface area is 118 Å². The van der Waals surface area contributed by atoms with Crippen LogP contribution in [0.1, 0.15) is 23.6 Å². The van der Waals surface area contributed by atoms with E-state index in [0.717, 1.165) is 18.4 Å². The first-order chi connectivity index (χ1) is 9.90. The Bertz CT molecular complexity index is 764. The molecule has 0 bridgehead atoms. The molecule has 2 aromatic carbocycles. The fraction of sp³-hybridized carbons (Fsp3) is 0.167. The molecule has 98 valence electrons. The molecule has 20 heavy (non-hydrogen) atoms. The Morgan fingerprint density at radius 3 is 2.95 bits per heavy atom. The second kappa shape index (κ2) is 4.64. The minimum Gasteiger partial charge on any atom is -0.378 e. The number of aryl methyl sites for hydroxylation is 1. The van der Waals surface area contributed by atoms with Crippen molar-refractivity contribution in [3.63, 3.8) is 0 Å². The van der Waals surface area contributed by atoms with E-state index >= 15 is 0 Å². The maximum absolute atomic E-state index is 4.45. The van der Waals surface area contributed by atoms with E-state index < -0.39 is 0 Å². The monoisotopic (exact) mass is 260 g/mol. The van der Waals surface area contributed by atoms with Gasteiger partial charge in [-0.15, -0.1) is 0 Å². The van der Waals surface area contributed by atoms with Gasteiger partial charge in [0, 0.05) is 17.3 Å². The lowest BCUT2D eigenvalue weighted by molar-refractivity contribution is 0.668. The standard InChI is InChI=1S/C18H16N2/c1-2-6-16-13(4-1)9-10-17(20-16)15-8-7-14-5-3-11-19-18(14)12-15/h1-8,11-12,17,20H,9-10H2. The van der Waals surface area contributed by atoms with Gasteiger partial charge in [-0.05, 0) is 42.2 Å². The lowest BCUT2D eigenvalue weighted by Crippen LogP contribution is -2.17. The van der Waals surface area contributed by atoms with Gasteiger partial charge in [-0.1, -0.05) is 36.4 Å². The lowest BCUT2D eigenvalue weighted by Gasteiger charge is -2.27. The molecule has 1 aliphatic heterocycles. The van der Waals surface area contributed by atoms with Gasteiger partial charge in [0.2, 0.25) is 0 Å². The Balaban J connectivity index is 1.70. The van der Waals surface area contributed by atoms with Crippen molar-refractivity contribution < 1.29 is 0 Å². The van der Waals surface area contributed by atoms with Crippen molar-refractivity contribution in [2.45, 2.75) is 18.9 Å². The predicted octanol–water partition coefficient (Wildman–Crippen LogP) is 4.33. The van der Waals surface area contributed by atoms with Crippen molar-refractivity contribution in [2.24, 2.45) is 0 Å². The van der Waals surface area contributed by atoms with E-state index in [-0.39, 0.29) is 0 Å². The first kappa shape index (κ1) is 11.5. The molecule has 0 saturated carbocycles. The molecule has 0 fully saturated rings. The molecule has 2 heterocycles. The molecule has 0 spiro atoms. The second-order valence-corrected chi connectivity index (χ2v) is 5.35. The van der Waals surface area contributed by atoms with Gasteiger partial charge < -0.3 is 5.32 Å². The first-order valence-electron chi connectivity index (χ1n) is 7.09. The molecule has 1 unspecified atom stereocenters. The number of pyridine rings is 1. The summed E-state index contributed by atoms with van der Waals surface area (Å²) in [6.07, 6.45) is 4.12. The van der Waals surface area contributed by atoms with E-state index in [9.17, 15) is 0 Å². The van der Waals surface area contributed by atoms with Crippen LogP contribution >= 0.6 is 0 Å². The van der Waals surface area contributed by atoms with Crippen LogP contribution in [0.15, 0.2) is 60.8 Å². The number of aromatic nitrogens is 1. The summed E-state index contributed by atoms with van der Waals surface area (Å²) in [7, 11) is 0. The smallest absolute Gasteiger partial charge is 0.0705 e. The summed E-state index contributed by atoms with van der Waals surface area (Å²) in [5, 5.41) is 4.85. The van der Waals surface area contributed by atoms with Crippen molar-refractivity contribution in [1.29, 1.82) is 0 Å². The fourth-order valence-corrected chi connectivity index (χ4v) is 2.99. The summed E-state index contributed by atoms with van der Waals surface area (Å²) in [6, 6.07) is 19.7. The predicted molar refractivity (Wildman–Crippen MR) is 82.9 cm³/mol. The third-order valence-electron chi connectivity index (χ3n) is 4.08. The number of fused-ring (bicyclic) bond motifs is 2. The fourth-order valence-electron chi connectivity index (χ4n) is 2.99. The third-order valence-corrected chi connectivity index (χ3v) is 4.08. The Hall–Kier alpha value is -2.35. The van der Waals surface area contributed by atoms with Crippen LogP contribution in [0.5, 0.6) is 0 Å². The van der Waals surface area contributed by atoms with E-state index in [4.69, 9.17) is 0 Å². The van der Waals surface area contributed by atoms with Crippen LogP contribution < -0.4 is 5.32 Å². The molecule has 4 rings (SSSR count). The Morgan fingerprint density at radius 2 is 1.95 bits per heavy atom. The van der Waals surface area contributed by atoms with Gasteiger partial charge in [0.05, 0.1) is 11.6 Å². The number of anilines is 1. The summed E-state index contributed by atoms with van der Waals surface area (Å²) in [6.45, 7) is 0. The second-order valence-electron chi connectivity index (χ2n) is 5.35. The van der Waals surface area contributed by atoms with E-state index in [1.807, 2.05) is 12.3 Å². The highest BCUT2D eigenvalue weighted by molar-refractivity contribution is 5.79. The molecular formula is C18H16N2. The topological polar surface area (TPSA) is 24.9 Å². The minimum atomic E-state index is 0.385. The Morgan fingerprint density at radius 1 is 1.00 bits per heavy atom. The average Bonchev–Trinajstić information content (AvgIpc) is 2.54. The average molecular weight is 260 g/mol. The van der Waals surface area contributed by atoms with Crippen molar-refractivity contribution >= 4 is 16.6 Å². The molecule has 3 aromatic rings. The van der Waals surface area contributed by atoms with Crippen molar-refractivity contribution in [3.8, 4) is 0 Å². The number of benzene rings is 2. The molecule has 1 N–H and O–H groups in total. The molecule has 1 aliphatic rings. The number of para-hydroxylation sites is 1. The van der Waals surface area contributed by atoms with Crippen LogP contribution in [0.4, 0.5) is 5.69 Å². The quantitative estimate of drug-likeness (QED) is 0.704. The third kappa shape index (κ3) is 1.94. The number of nitrogens with one attached hydrogen (secondary N) is 1. The zero-order valence-electron chi connectivity index (χ0n) is 11.2. The molecule has 0 amide bonds. The highest BCUT2D eigenvalue weighted by Crippen LogP contribution is 2.33. The number of hydrogen-bond acceptors (Lipinski definition) is 2. The van der Waals surface area contributed by atoms with E-state index in [0.29, 0.717) is 6.04 Å². The van der Waals surface area contributed by atoms with Gasteiger partial charge in [0.25, 0.3) is 0 Å². The summed E-state index contributed by atoms with van der Waals surface area (Å²) in [5.41, 5.74) is 5.09. The summed E-state index contributed by atoms with van der Waals surface area (Å²) < 4.78 is 0. The number of nitrogens with zero attached hydrogens (tertiary/aromatic N) is 1. The molecule has 0 radical (unpaired) electrons. The Kier molecular flexibility index (Phi) is 2.66. The molecular weight excluding hydrogens is 244 g/mol. The highest BCUT2D eigenvalue weighted by Gasteiger charge is 2.18. The van der Waals surface area contributed by atoms with Crippen molar-refractivity contribution in [2.75, 3.05) is 5.32 Å². The highest BCUT2D eigenvalue weighted by atomic mass is 14.9. The maximum atomic E-state index is 4.45. The number of rotatable bonds is 1. The van der Waals surface area contributed by atoms with E-state index in [2.05, 4.69) is 58.8 Å². The zero-order valence-corrected chi connectivity index (χ0v) is 11.2.